The van der Waals surface area contributed by atoms with Crippen molar-refractivity contribution in [3.8, 4) is 5.75 Å². The molecule has 0 spiro atoms. The highest BCUT2D eigenvalue weighted by molar-refractivity contribution is 6.22. The van der Waals surface area contributed by atoms with Gasteiger partial charge in [0.2, 0.25) is 0 Å². The molecule has 0 saturated carbocycles. The molecule has 0 aromatic heterocycles. The van der Waals surface area contributed by atoms with Crippen molar-refractivity contribution in [1.29, 1.82) is 0 Å². The van der Waals surface area contributed by atoms with Gasteiger partial charge in [0.05, 0.1) is 11.1 Å². The van der Waals surface area contributed by atoms with Crippen molar-refractivity contribution in [3.63, 3.8) is 0 Å². The van der Waals surface area contributed by atoms with E-state index in [1.165, 1.54) is 12.1 Å². The lowest BCUT2D eigenvalue weighted by molar-refractivity contribution is -0.118. The molecule has 0 bridgehead atoms. The molecule has 0 saturated heterocycles. The quantitative estimate of drug-likeness (QED) is 0.825. The summed E-state index contributed by atoms with van der Waals surface area (Å²) < 4.78 is 5.47. The minimum atomic E-state index is -0.460. The average molecular weight is 324 g/mol. The maximum atomic E-state index is 12.0. The lowest BCUT2D eigenvalue weighted by Gasteiger charge is -2.09. The highest BCUT2D eigenvalue weighted by Crippen LogP contribution is 2.20. The molecule has 2 aromatic rings. The summed E-state index contributed by atoms with van der Waals surface area (Å²) in [5.41, 5.74) is 2.14. The van der Waals surface area contributed by atoms with Gasteiger partial charge in [0, 0.05) is 5.69 Å². The normalized spacial score (nSPS) is 12.5. The van der Waals surface area contributed by atoms with E-state index in [9.17, 15) is 14.4 Å². The Morgan fingerprint density at radius 3 is 2.67 bits per heavy atom. The maximum Gasteiger partial charge on any atom is 0.262 e. The highest BCUT2D eigenvalue weighted by Gasteiger charge is 2.26. The first-order valence-electron chi connectivity index (χ1n) is 7.58. The van der Waals surface area contributed by atoms with Crippen LogP contribution in [0.15, 0.2) is 42.5 Å². The van der Waals surface area contributed by atoms with Crippen LogP contribution in [-0.2, 0) is 11.2 Å². The monoisotopic (exact) mass is 324 g/mol. The molecule has 3 rings (SSSR count). The second-order valence-electron chi connectivity index (χ2n) is 5.38. The molecule has 2 N–H and O–H groups in total. The zero-order chi connectivity index (χ0) is 17.1. The summed E-state index contributed by atoms with van der Waals surface area (Å²) in [6, 6.07) is 12.1. The molecule has 1 aliphatic rings. The number of hydrogen-bond donors (Lipinski definition) is 2. The van der Waals surface area contributed by atoms with E-state index in [1.54, 1.807) is 12.1 Å². The Bertz CT molecular complexity index is 830. The topological polar surface area (TPSA) is 84.5 Å². The molecule has 24 heavy (non-hydrogen) atoms. The number of nitrogens with one attached hydrogen (secondary N) is 2. The SMILES string of the molecule is CCc1cccc(OCC(=O)Nc2ccc3c(c2)C(=O)NC3=O)c1. The van der Waals surface area contributed by atoms with Gasteiger partial charge >= 0.3 is 0 Å². The predicted octanol–water partition coefficient (Wildman–Crippen LogP) is 2.15. The van der Waals surface area contributed by atoms with E-state index in [4.69, 9.17) is 4.74 Å². The third-order valence-corrected chi connectivity index (χ3v) is 3.70. The van der Waals surface area contributed by atoms with E-state index in [0.717, 1.165) is 12.0 Å². The molecule has 0 aliphatic carbocycles. The Kier molecular flexibility index (Phi) is 4.29. The molecule has 6 heteroatoms. The van der Waals surface area contributed by atoms with Crippen molar-refractivity contribution in [2.45, 2.75) is 13.3 Å². The largest absolute Gasteiger partial charge is 0.484 e. The summed E-state index contributed by atoms with van der Waals surface area (Å²) in [7, 11) is 0. The number of hydrogen-bond acceptors (Lipinski definition) is 4. The first-order valence-corrected chi connectivity index (χ1v) is 7.58. The van der Waals surface area contributed by atoms with Gasteiger partial charge in [-0.05, 0) is 42.3 Å². The smallest absolute Gasteiger partial charge is 0.262 e. The van der Waals surface area contributed by atoms with Gasteiger partial charge in [-0.25, -0.2) is 0 Å². The van der Waals surface area contributed by atoms with Crippen molar-refractivity contribution in [2.75, 3.05) is 11.9 Å². The minimum Gasteiger partial charge on any atom is -0.484 e. The molecule has 6 nitrogen and oxygen atoms in total. The van der Waals surface area contributed by atoms with Crippen LogP contribution in [0.25, 0.3) is 0 Å². The zero-order valence-electron chi connectivity index (χ0n) is 13.1. The van der Waals surface area contributed by atoms with E-state index >= 15 is 0 Å². The minimum absolute atomic E-state index is 0.143. The molecule has 2 aromatic carbocycles. The van der Waals surface area contributed by atoms with Crippen LogP contribution in [0.2, 0.25) is 0 Å². The summed E-state index contributed by atoms with van der Waals surface area (Å²) >= 11 is 0. The first kappa shape index (κ1) is 15.7. The highest BCUT2D eigenvalue weighted by atomic mass is 16.5. The lowest BCUT2D eigenvalue weighted by Crippen LogP contribution is -2.20. The summed E-state index contributed by atoms with van der Waals surface area (Å²) in [6.07, 6.45) is 0.888. The number of benzene rings is 2. The molecule has 0 unspecified atom stereocenters. The van der Waals surface area contributed by atoms with Crippen LogP contribution in [0.5, 0.6) is 5.75 Å². The van der Waals surface area contributed by atoms with Gasteiger partial charge < -0.3 is 10.1 Å². The number of rotatable bonds is 5. The first-order chi connectivity index (χ1) is 11.6. The van der Waals surface area contributed by atoms with Crippen LogP contribution in [0.4, 0.5) is 5.69 Å². The molecular formula is C18H16N2O4. The molecule has 0 fully saturated rings. The summed E-state index contributed by atoms with van der Waals surface area (Å²) in [4.78, 5) is 35.1. The Morgan fingerprint density at radius 1 is 1.08 bits per heavy atom. The summed E-state index contributed by atoms with van der Waals surface area (Å²) in [5, 5.41) is 4.86. The van der Waals surface area contributed by atoms with Crippen LogP contribution >= 0.6 is 0 Å². The van der Waals surface area contributed by atoms with Gasteiger partial charge in [-0.2, -0.15) is 0 Å². The van der Waals surface area contributed by atoms with Gasteiger partial charge in [0.15, 0.2) is 6.61 Å². The molecule has 1 aliphatic heterocycles. The number of ether oxygens (including phenoxy) is 1. The van der Waals surface area contributed by atoms with Crippen molar-refractivity contribution in [3.05, 3.63) is 59.2 Å². The van der Waals surface area contributed by atoms with Crippen LogP contribution in [0.1, 0.15) is 33.2 Å². The second-order valence-corrected chi connectivity index (χ2v) is 5.38. The van der Waals surface area contributed by atoms with Gasteiger partial charge in [-0.15, -0.1) is 0 Å². The summed E-state index contributed by atoms with van der Waals surface area (Å²) in [5.74, 6) is -0.601. The maximum absolute atomic E-state index is 12.0. The lowest BCUT2D eigenvalue weighted by atomic mass is 10.1. The number of imide groups is 1. The van der Waals surface area contributed by atoms with Crippen LogP contribution in [0.3, 0.4) is 0 Å². The Hall–Kier alpha value is -3.15. The molecule has 0 radical (unpaired) electrons. The fourth-order valence-electron chi connectivity index (χ4n) is 2.45. The van der Waals surface area contributed by atoms with Gasteiger partial charge in [-0.3, -0.25) is 19.7 Å². The van der Waals surface area contributed by atoms with Crippen molar-refractivity contribution in [2.24, 2.45) is 0 Å². The Morgan fingerprint density at radius 2 is 1.88 bits per heavy atom. The van der Waals surface area contributed by atoms with E-state index in [-0.39, 0.29) is 18.1 Å². The number of anilines is 1. The summed E-state index contributed by atoms with van der Waals surface area (Å²) in [6.45, 7) is 1.90. The Labute approximate surface area is 138 Å². The van der Waals surface area contributed by atoms with E-state index in [0.29, 0.717) is 17.0 Å². The van der Waals surface area contributed by atoms with Gasteiger partial charge in [0.1, 0.15) is 5.75 Å². The molecule has 122 valence electrons. The third kappa shape index (κ3) is 3.27. The second kappa shape index (κ2) is 6.54. The number of amides is 3. The van der Waals surface area contributed by atoms with Crippen molar-refractivity contribution in [1.82, 2.24) is 5.32 Å². The fourth-order valence-corrected chi connectivity index (χ4v) is 2.45. The number of carbonyl (C=O) groups excluding carboxylic acids is 3. The van der Waals surface area contributed by atoms with Gasteiger partial charge in [-0.1, -0.05) is 19.1 Å². The molecule has 1 heterocycles. The average Bonchev–Trinajstić information content (AvgIpc) is 2.87. The van der Waals surface area contributed by atoms with E-state index in [2.05, 4.69) is 10.6 Å². The van der Waals surface area contributed by atoms with Crippen molar-refractivity contribution < 1.29 is 19.1 Å². The number of fused-ring (bicyclic) bond motifs is 1. The predicted molar refractivity (Wildman–Crippen MR) is 88.2 cm³/mol. The number of carbonyl (C=O) groups is 3. The fraction of sp³-hybridized carbons (Fsp3) is 0.167. The van der Waals surface area contributed by atoms with Crippen LogP contribution in [0, 0.1) is 0 Å². The van der Waals surface area contributed by atoms with Crippen LogP contribution in [-0.4, -0.2) is 24.3 Å². The van der Waals surface area contributed by atoms with Gasteiger partial charge in [0.25, 0.3) is 17.7 Å². The van der Waals surface area contributed by atoms with E-state index in [1.807, 2.05) is 25.1 Å². The molecule has 0 atom stereocenters. The zero-order valence-corrected chi connectivity index (χ0v) is 13.1. The van der Waals surface area contributed by atoms with Crippen LogP contribution < -0.4 is 15.4 Å². The number of aryl methyl sites for hydroxylation is 1. The molecule has 3 amide bonds. The third-order valence-electron chi connectivity index (χ3n) is 3.70. The standard InChI is InChI=1S/C18H16N2O4/c1-2-11-4-3-5-13(8-11)24-10-16(21)19-12-6-7-14-15(9-12)18(23)20-17(14)22/h3-9H,2,10H2,1H3,(H,19,21)(H,20,22,23). The molecular weight excluding hydrogens is 308 g/mol. The van der Waals surface area contributed by atoms with Crippen molar-refractivity contribution >= 4 is 23.4 Å². The van der Waals surface area contributed by atoms with E-state index < -0.39 is 11.8 Å². The Balaban J connectivity index is 1.62.